The van der Waals surface area contributed by atoms with Gasteiger partial charge < -0.3 is 15.1 Å². The van der Waals surface area contributed by atoms with E-state index in [1.165, 1.54) is 6.33 Å². The van der Waals surface area contributed by atoms with Crippen LogP contribution in [0.5, 0.6) is 0 Å². The van der Waals surface area contributed by atoms with Crippen LogP contribution in [-0.4, -0.2) is 19.9 Å². The number of imidazole rings is 1. The zero-order valence-corrected chi connectivity index (χ0v) is 6.87. The maximum atomic E-state index is 11.5. The molecule has 0 fully saturated rings. The fraction of sp³-hybridized carbons (Fsp3) is 0. The van der Waals surface area contributed by atoms with Crippen LogP contribution < -0.4 is 11.3 Å². The van der Waals surface area contributed by atoms with Crippen molar-refractivity contribution >= 4 is 28.3 Å². The monoisotopic (exact) mass is 191 g/mol. The summed E-state index contributed by atoms with van der Waals surface area (Å²) >= 11 is 0. The molecule has 0 saturated carbocycles. The Morgan fingerprint density at radius 1 is 1.43 bits per heavy atom. The van der Waals surface area contributed by atoms with E-state index in [1.54, 1.807) is 0 Å². The molecule has 7 heteroatoms. The van der Waals surface area contributed by atoms with Crippen molar-refractivity contribution in [3.8, 4) is 0 Å². The van der Waals surface area contributed by atoms with Crippen LogP contribution in [0.1, 0.15) is 0 Å². The van der Waals surface area contributed by atoms with Crippen LogP contribution in [0.15, 0.2) is 15.5 Å². The third kappa shape index (κ3) is 0.729. The molecular formula is C7H5N5O2. The van der Waals surface area contributed by atoms with Gasteiger partial charge in [0.1, 0.15) is 10.9 Å². The zero-order chi connectivity index (χ0) is 9.71. The summed E-state index contributed by atoms with van der Waals surface area (Å²) in [7, 11) is 0. The van der Waals surface area contributed by atoms with Crippen molar-refractivity contribution in [2.24, 2.45) is 0 Å². The summed E-state index contributed by atoms with van der Waals surface area (Å²) in [4.78, 5) is 24.4. The Hall–Kier alpha value is -2.31. The number of rotatable bonds is 0. The van der Waals surface area contributed by atoms with Crippen LogP contribution in [0, 0.1) is 0 Å². The lowest BCUT2D eigenvalue weighted by molar-refractivity contribution is 0.641. The number of nitrogens with two attached hydrogens (primary N) is 1. The van der Waals surface area contributed by atoms with Gasteiger partial charge in [0, 0.05) is 0 Å². The number of furan rings is 1. The highest BCUT2D eigenvalue weighted by Gasteiger charge is 2.13. The van der Waals surface area contributed by atoms with Crippen LogP contribution in [-0.2, 0) is 0 Å². The minimum Gasteiger partial charge on any atom is -0.417 e. The summed E-state index contributed by atoms with van der Waals surface area (Å²) in [6.45, 7) is 0. The first-order valence-electron chi connectivity index (χ1n) is 3.87. The van der Waals surface area contributed by atoms with Crippen molar-refractivity contribution in [1.82, 2.24) is 19.9 Å². The van der Waals surface area contributed by atoms with Gasteiger partial charge in [0.2, 0.25) is 17.4 Å². The topological polar surface area (TPSA) is 114 Å². The maximum Gasteiger partial charge on any atom is 0.265 e. The SMILES string of the molecule is Nc1nc2oc3nc[nH]c3c2c(=O)[nH]1. The van der Waals surface area contributed by atoms with E-state index in [0.29, 0.717) is 16.6 Å². The summed E-state index contributed by atoms with van der Waals surface area (Å²) < 4.78 is 5.20. The second-order valence-corrected chi connectivity index (χ2v) is 2.82. The Morgan fingerprint density at radius 3 is 3.14 bits per heavy atom. The van der Waals surface area contributed by atoms with Crippen LogP contribution in [0.3, 0.4) is 0 Å². The second kappa shape index (κ2) is 2.13. The molecule has 3 aromatic heterocycles. The van der Waals surface area contributed by atoms with Crippen LogP contribution in [0.25, 0.3) is 22.3 Å². The highest BCUT2D eigenvalue weighted by atomic mass is 16.3. The number of hydrogen-bond donors (Lipinski definition) is 3. The van der Waals surface area contributed by atoms with Crippen molar-refractivity contribution in [3.05, 3.63) is 16.7 Å². The maximum absolute atomic E-state index is 11.5. The van der Waals surface area contributed by atoms with Gasteiger partial charge in [0.05, 0.1) is 6.33 Å². The third-order valence-electron chi connectivity index (χ3n) is 1.95. The molecule has 0 radical (unpaired) electrons. The molecule has 0 amide bonds. The van der Waals surface area contributed by atoms with Gasteiger partial charge in [-0.3, -0.25) is 9.78 Å². The van der Waals surface area contributed by atoms with E-state index in [9.17, 15) is 4.79 Å². The number of aromatic nitrogens is 4. The van der Waals surface area contributed by atoms with E-state index in [2.05, 4.69) is 19.9 Å². The van der Waals surface area contributed by atoms with E-state index < -0.39 is 0 Å². The van der Waals surface area contributed by atoms with Crippen LogP contribution in [0.2, 0.25) is 0 Å². The number of anilines is 1. The Labute approximate surface area is 76.0 Å². The van der Waals surface area contributed by atoms with Crippen molar-refractivity contribution in [3.63, 3.8) is 0 Å². The number of hydrogen-bond acceptors (Lipinski definition) is 5. The van der Waals surface area contributed by atoms with Gasteiger partial charge in [-0.05, 0) is 0 Å². The lowest BCUT2D eigenvalue weighted by Crippen LogP contribution is -2.10. The van der Waals surface area contributed by atoms with Crippen molar-refractivity contribution < 1.29 is 4.42 Å². The van der Waals surface area contributed by atoms with E-state index in [-0.39, 0.29) is 17.2 Å². The lowest BCUT2D eigenvalue weighted by Gasteiger charge is -1.89. The summed E-state index contributed by atoms with van der Waals surface area (Å²) in [6, 6.07) is 0. The zero-order valence-electron chi connectivity index (χ0n) is 6.87. The molecule has 0 bridgehead atoms. The summed E-state index contributed by atoms with van der Waals surface area (Å²) in [5, 5.41) is 0.340. The average Bonchev–Trinajstić information content (AvgIpc) is 2.60. The number of H-pyrrole nitrogens is 2. The summed E-state index contributed by atoms with van der Waals surface area (Å²) in [5.74, 6) is 0.0268. The highest BCUT2D eigenvalue weighted by molar-refractivity contribution is 5.99. The number of aromatic amines is 2. The van der Waals surface area contributed by atoms with Crippen molar-refractivity contribution in [2.45, 2.75) is 0 Å². The summed E-state index contributed by atoms with van der Waals surface area (Å²) in [6.07, 6.45) is 1.45. The quantitative estimate of drug-likeness (QED) is 0.461. The second-order valence-electron chi connectivity index (χ2n) is 2.82. The molecule has 3 aromatic rings. The molecule has 4 N–H and O–H groups in total. The van der Waals surface area contributed by atoms with Gasteiger partial charge >= 0.3 is 0 Å². The normalized spacial score (nSPS) is 11.4. The van der Waals surface area contributed by atoms with Gasteiger partial charge in [0.15, 0.2) is 0 Å². The third-order valence-corrected chi connectivity index (χ3v) is 1.95. The average molecular weight is 191 g/mol. The number of nitrogens with one attached hydrogen (secondary N) is 2. The van der Waals surface area contributed by atoms with E-state index >= 15 is 0 Å². The van der Waals surface area contributed by atoms with Gasteiger partial charge in [-0.25, -0.2) is 4.98 Å². The first-order chi connectivity index (χ1) is 6.75. The molecule has 0 aliphatic rings. The van der Waals surface area contributed by atoms with Gasteiger partial charge in [-0.15, -0.1) is 0 Å². The molecule has 0 saturated heterocycles. The number of fused-ring (bicyclic) bond motifs is 3. The Kier molecular flexibility index (Phi) is 1.09. The highest BCUT2D eigenvalue weighted by Crippen LogP contribution is 2.20. The number of nitrogens with zero attached hydrogens (tertiary/aromatic N) is 2. The van der Waals surface area contributed by atoms with Crippen LogP contribution >= 0.6 is 0 Å². The molecule has 0 spiro atoms. The molecule has 14 heavy (non-hydrogen) atoms. The predicted molar refractivity (Wildman–Crippen MR) is 48.7 cm³/mol. The van der Waals surface area contributed by atoms with E-state index in [4.69, 9.17) is 10.2 Å². The molecule has 70 valence electrons. The first-order valence-corrected chi connectivity index (χ1v) is 3.87. The van der Waals surface area contributed by atoms with Gasteiger partial charge in [-0.1, -0.05) is 0 Å². The molecule has 0 aromatic carbocycles. The minimum absolute atomic E-state index is 0.0268. The Bertz CT molecular complexity index is 676. The Balaban J connectivity index is 2.69. The minimum atomic E-state index is -0.337. The standard InChI is InChI=1S/C7H5N5O2/c8-7-11-4(13)2-3-6(10-1-9-3)14-5(2)12-7/h1H,(H,9,10)(H3,8,11,12,13). The van der Waals surface area contributed by atoms with Gasteiger partial charge in [-0.2, -0.15) is 4.98 Å². The van der Waals surface area contributed by atoms with Crippen molar-refractivity contribution in [2.75, 3.05) is 5.73 Å². The van der Waals surface area contributed by atoms with E-state index in [1.807, 2.05) is 0 Å². The fourth-order valence-corrected chi connectivity index (χ4v) is 1.39. The molecule has 0 atom stereocenters. The smallest absolute Gasteiger partial charge is 0.265 e. The van der Waals surface area contributed by atoms with Crippen LogP contribution in [0.4, 0.5) is 5.95 Å². The molecule has 7 nitrogen and oxygen atoms in total. The summed E-state index contributed by atoms with van der Waals surface area (Å²) in [5.41, 5.74) is 6.10. The van der Waals surface area contributed by atoms with Crippen molar-refractivity contribution in [1.29, 1.82) is 0 Å². The molecule has 3 heterocycles. The molecule has 0 aliphatic carbocycles. The molecular weight excluding hydrogens is 186 g/mol. The van der Waals surface area contributed by atoms with E-state index in [0.717, 1.165) is 0 Å². The largest absolute Gasteiger partial charge is 0.417 e. The molecule has 0 aliphatic heterocycles. The molecule has 0 unspecified atom stereocenters. The van der Waals surface area contributed by atoms with Gasteiger partial charge in [0.25, 0.3) is 5.56 Å². The predicted octanol–water partition coefficient (Wildman–Crippen LogP) is -0.0254. The number of nitrogen functional groups attached to an aromatic ring is 1. The first kappa shape index (κ1) is 7.13. The lowest BCUT2D eigenvalue weighted by atomic mass is 10.4. The molecule has 3 rings (SSSR count). The Morgan fingerprint density at radius 2 is 2.29 bits per heavy atom. The fourth-order valence-electron chi connectivity index (χ4n) is 1.39.